The highest BCUT2D eigenvalue weighted by Gasteiger charge is 2.27. The van der Waals surface area contributed by atoms with Crippen LogP contribution in [0.25, 0.3) is 0 Å². The van der Waals surface area contributed by atoms with Crippen LogP contribution in [0.2, 0.25) is 0 Å². The van der Waals surface area contributed by atoms with E-state index in [2.05, 4.69) is 0 Å². The van der Waals surface area contributed by atoms with E-state index >= 15 is 0 Å². The molecule has 2 N–H and O–H groups in total. The summed E-state index contributed by atoms with van der Waals surface area (Å²) in [4.78, 5) is 27.8. The predicted molar refractivity (Wildman–Crippen MR) is 96.0 cm³/mol. The molecular formula is C17H24FN3O3S. The van der Waals surface area contributed by atoms with Crippen molar-refractivity contribution in [3.05, 3.63) is 30.1 Å². The summed E-state index contributed by atoms with van der Waals surface area (Å²) >= 11 is 1.66. The van der Waals surface area contributed by atoms with Crippen molar-refractivity contribution >= 4 is 23.6 Å². The molecule has 1 aliphatic heterocycles. The number of piperazine rings is 1. The number of halogens is 1. The molecule has 1 saturated heterocycles. The summed E-state index contributed by atoms with van der Waals surface area (Å²) in [5.41, 5.74) is 5.92. The number of nitrogens with zero attached hydrogens (tertiary/aromatic N) is 2. The maximum atomic E-state index is 12.8. The Morgan fingerprint density at radius 1 is 1.20 bits per heavy atom. The van der Waals surface area contributed by atoms with Crippen LogP contribution >= 0.6 is 11.8 Å². The number of hydrogen-bond donors (Lipinski definition) is 1. The molecule has 0 aliphatic carbocycles. The Balaban J connectivity index is 1.74. The van der Waals surface area contributed by atoms with E-state index in [1.165, 1.54) is 24.3 Å². The van der Waals surface area contributed by atoms with E-state index in [-0.39, 0.29) is 24.2 Å². The van der Waals surface area contributed by atoms with Gasteiger partial charge in [-0.05, 0) is 42.7 Å². The molecule has 6 nitrogen and oxygen atoms in total. The Bertz CT molecular complexity index is 577. The zero-order chi connectivity index (χ0) is 18.2. The molecule has 1 atom stereocenters. The first kappa shape index (κ1) is 19.5. The third-order valence-electron chi connectivity index (χ3n) is 4.07. The first-order valence-corrected chi connectivity index (χ1v) is 9.60. The molecule has 0 radical (unpaired) electrons. The molecule has 1 aromatic rings. The molecule has 8 heteroatoms. The van der Waals surface area contributed by atoms with Crippen LogP contribution in [-0.4, -0.2) is 72.5 Å². The number of amides is 2. The van der Waals surface area contributed by atoms with E-state index < -0.39 is 6.04 Å². The summed E-state index contributed by atoms with van der Waals surface area (Å²) < 4.78 is 18.2. The molecule has 0 spiro atoms. The first-order chi connectivity index (χ1) is 12.0. The lowest BCUT2D eigenvalue weighted by Gasteiger charge is -2.35. The molecule has 1 fully saturated rings. The van der Waals surface area contributed by atoms with E-state index in [4.69, 9.17) is 10.5 Å². The minimum Gasteiger partial charge on any atom is -0.484 e. The second kappa shape index (κ2) is 9.62. The second-order valence-electron chi connectivity index (χ2n) is 5.84. The highest BCUT2D eigenvalue weighted by Crippen LogP contribution is 2.12. The standard InChI is InChI=1S/C17H24FN3O3S/c1-25-11-6-15(19)17(23)21-9-7-20(8-10-21)16(22)12-24-14-4-2-13(18)3-5-14/h2-5,15H,6-12,19H2,1H3/t15-/m0/s1. The minimum absolute atomic E-state index is 0.0521. The Hall–Kier alpha value is -1.80. The van der Waals surface area contributed by atoms with Crippen LogP contribution in [0.4, 0.5) is 4.39 Å². The van der Waals surface area contributed by atoms with Gasteiger partial charge in [0.25, 0.3) is 5.91 Å². The van der Waals surface area contributed by atoms with Gasteiger partial charge in [0.05, 0.1) is 6.04 Å². The quantitative estimate of drug-likeness (QED) is 0.775. The normalized spacial score (nSPS) is 15.8. The first-order valence-electron chi connectivity index (χ1n) is 8.20. The highest BCUT2D eigenvalue weighted by atomic mass is 32.2. The summed E-state index contributed by atoms with van der Waals surface area (Å²) in [5.74, 6) is 0.747. The van der Waals surface area contributed by atoms with Gasteiger partial charge in [-0.25, -0.2) is 4.39 Å². The fourth-order valence-corrected chi connectivity index (χ4v) is 3.04. The van der Waals surface area contributed by atoms with Crippen molar-refractivity contribution < 1.29 is 18.7 Å². The number of carbonyl (C=O) groups excluding carboxylic acids is 2. The van der Waals surface area contributed by atoms with Gasteiger partial charge in [0.1, 0.15) is 11.6 Å². The van der Waals surface area contributed by atoms with Gasteiger partial charge in [0.15, 0.2) is 6.61 Å². The van der Waals surface area contributed by atoms with E-state index in [0.29, 0.717) is 38.3 Å². The Kier molecular flexibility index (Phi) is 7.52. The molecule has 138 valence electrons. The molecule has 0 unspecified atom stereocenters. The van der Waals surface area contributed by atoms with Crippen molar-refractivity contribution in [2.75, 3.05) is 44.8 Å². The SMILES string of the molecule is CSCC[C@H](N)C(=O)N1CCN(C(=O)COc2ccc(F)cc2)CC1. The van der Waals surface area contributed by atoms with E-state index in [0.717, 1.165) is 5.75 Å². The van der Waals surface area contributed by atoms with Gasteiger partial charge in [0.2, 0.25) is 5.91 Å². The maximum absolute atomic E-state index is 12.8. The van der Waals surface area contributed by atoms with Crippen LogP contribution < -0.4 is 10.5 Å². The van der Waals surface area contributed by atoms with Crippen LogP contribution in [0.15, 0.2) is 24.3 Å². The van der Waals surface area contributed by atoms with Gasteiger partial charge in [-0.15, -0.1) is 0 Å². The predicted octanol–water partition coefficient (Wildman–Crippen LogP) is 0.956. The van der Waals surface area contributed by atoms with Crippen molar-refractivity contribution in [2.24, 2.45) is 5.73 Å². The maximum Gasteiger partial charge on any atom is 0.260 e. The third kappa shape index (κ3) is 5.89. The van der Waals surface area contributed by atoms with Crippen molar-refractivity contribution in [2.45, 2.75) is 12.5 Å². The Morgan fingerprint density at radius 3 is 2.40 bits per heavy atom. The van der Waals surface area contributed by atoms with Crippen LogP contribution in [0.5, 0.6) is 5.75 Å². The summed E-state index contributed by atoms with van der Waals surface area (Å²) in [5, 5.41) is 0. The molecule has 0 bridgehead atoms. The number of thioether (sulfide) groups is 1. The number of hydrogen-bond acceptors (Lipinski definition) is 5. The summed E-state index contributed by atoms with van der Waals surface area (Å²) in [6.45, 7) is 1.79. The number of nitrogens with two attached hydrogens (primary N) is 1. The fraction of sp³-hybridized carbons (Fsp3) is 0.529. The number of rotatable bonds is 7. The third-order valence-corrected chi connectivity index (χ3v) is 4.71. The average molecular weight is 369 g/mol. The topological polar surface area (TPSA) is 75.9 Å². The molecule has 0 saturated carbocycles. The zero-order valence-electron chi connectivity index (χ0n) is 14.3. The summed E-state index contributed by atoms with van der Waals surface area (Å²) in [6, 6.07) is 5.05. The molecule has 1 aromatic carbocycles. The average Bonchev–Trinajstić information content (AvgIpc) is 2.65. The largest absolute Gasteiger partial charge is 0.484 e. The molecule has 0 aromatic heterocycles. The monoisotopic (exact) mass is 369 g/mol. The molecule has 25 heavy (non-hydrogen) atoms. The lowest BCUT2D eigenvalue weighted by Crippen LogP contribution is -2.55. The summed E-state index contributed by atoms with van der Waals surface area (Å²) in [7, 11) is 0. The molecule has 2 amide bonds. The van der Waals surface area contributed by atoms with Crippen molar-refractivity contribution in [1.82, 2.24) is 9.80 Å². The van der Waals surface area contributed by atoms with E-state index in [1.807, 2.05) is 6.26 Å². The Morgan fingerprint density at radius 2 is 1.80 bits per heavy atom. The van der Waals surface area contributed by atoms with E-state index in [9.17, 15) is 14.0 Å². The zero-order valence-corrected chi connectivity index (χ0v) is 15.1. The van der Waals surface area contributed by atoms with Crippen LogP contribution in [0.3, 0.4) is 0 Å². The van der Waals surface area contributed by atoms with E-state index in [1.54, 1.807) is 21.6 Å². The van der Waals surface area contributed by atoms with Gasteiger partial charge < -0.3 is 20.3 Å². The van der Waals surface area contributed by atoms with Gasteiger partial charge >= 0.3 is 0 Å². The summed E-state index contributed by atoms with van der Waals surface area (Å²) in [6.07, 6.45) is 2.64. The molecule has 1 heterocycles. The minimum atomic E-state index is -0.475. The van der Waals surface area contributed by atoms with Gasteiger partial charge in [-0.3, -0.25) is 9.59 Å². The fourth-order valence-electron chi connectivity index (χ4n) is 2.55. The lowest BCUT2D eigenvalue weighted by molar-refractivity contribution is -0.141. The molecular weight excluding hydrogens is 345 g/mol. The van der Waals surface area contributed by atoms with Crippen LogP contribution in [0, 0.1) is 5.82 Å². The van der Waals surface area contributed by atoms with Crippen molar-refractivity contribution in [3.63, 3.8) is 0 Å². The molecule has 2 rings (SSSR count). The number of benzene rings is 1. The van der Waals surface area contributed by atoms with Gasteiger partial charge in [-0.2, -0.15) is 11.8 Å². The van der Waals surface area contributed by atoms with Gasteiger partial charge in [0, 0.05) is 26.2 Å². The number of ether oxygens (including phenoxy) is 1. The highest BCUT2D eigenvalue weighted by molar-refractivity contribution is 7.98. The van der Waals surface area contributed by atoms with Crippen molar-refractivity contribution in [3.8, 4) is 5.75 Å². The second-order valence-corrected chi connectivity index (χ2v) is 6.82. The molecule has 1 aliphatic rings. The van der Waals surface area contributed by atoms with Crippen LogP contribution in [0.1, 0.15) is 6.42 Å². The number of carbonyl (C=O) groups is 2. The lowest BCUT2D eigenvalue weighted by atomic mass is 10.2. The van der Waals surface area contributed by atoms with Gasteiger partial charge in [-0.1, -0.05) is 0 Å². The van der Waals surface area contributed by atoms with Crippen molar-refractivity contribution in [1.29, 1.82) is 0 Å². The Labute approximate surface area is 151 Å². The smallest absolute Gasteiger partial charge is 0.260 e. The van der Waals surface area contributed by atoms with Crippen LogP contribution in [-0.2, 0) is 9.59 Å².